The van der Waals surface area contributed by atoms with E-state index in [9.17, 15) is 4.79 Å². The molecule has 2 unspecified atom stereocenters. The van der Waals surface area contributed by atoms with Crippen molar-refractivity contribution >= 4 is 21.8 Å². The number of hydrogen-bond acceptors (Lipinski definition) is 1. The largest absolute Gasteiger partial charge is 0.341 e. The molecule has 1 amide bonds. The zero-order chi connectivity index (χ0) is 15.1. The van der Waals surface area contributed by atoms with Gasteiger partial charge in [-0.05, 0) is 36.1 Å². The Hall–Kier alpha value is -0.830. The van der Waals surface area contributed by atoms with E-state index in [2.05, 4.69) is 36.7 Å². The van der Waals surface area contributed by atoms with Gasteiger partial charge in [0.15, 0.2) is 0 Å². The Labute approximate surface area is 131 Å². The third-order valence-electron chi connectivity index (χ3n) is 4.02. The van der Waals surface area contributed by atoms with Crippen LogP contribution in [0.25, 0.3) is 0 Å². The molecule has 2 nitrogen and oxygen atoms in total. The standard InChI is InChI=1S/C17H26BrNO/c1-5-7-13(3)14(6-2)12-19(4)17(20)15-8-10-16(18)11-9-15/h8-11,13-14H,5-7,12H2,1-4H3. The highest BCUT2D eigenvalue weighted by molar-refractivity contribution is 9.10. The second-order valence-corrected chi connectivity index (χ2v) is 6.54. The predicted molar refractivity (Wildman–Crippen MR) is 89.0 cm³/mol. The topological polar surface area (TPSA) is 20.3 Å². The average Bonchev–Trinajstić information content (AvgIpc) is 2.44. The molecular weight excluding hydrogens is 314 g/mol. The first kappa shape index (κ1) is 17.2. The lowest BCUT2D eigenvalue weighted by Crippen LogP contribution is -2.34. The number of halogens is 1. The summed E-state index contributed by atoms with van der Waals surface area (Å²) >= 11 is 3.39. The van der Waals surface area contributed by atoms with E-state index in [4.69, 9.17) is 0 Å². The van der Waals surface area contributed by atoms with Crippen molar-refractivity contribution in [1.82, 2.24) is 4.90 Å². The highest BCUT2D eigenvalue weighted by Gasteiger charge is 2.20. The molecule has 1 aromatic rings. The van der Waals surface area contributed by atoms with Gasteiger partial charge in [-0.2, -0.15) is 0 Å². The lowest BCUT2D eigenvalue weighted by Gasteiger charge is -2.28. The van der Waals surface area contributed by atoms with Crippen molar-refractivity contribution < 1.29 is 4.79 Å². The average molecular weight is 340 g/mol. The van der Waals surface area contributed by atoms with E-state index in [0.29, 0.717) is 11.8 Å². The van der Waals surface area contributed by atoms with Crippen LogP contribution in [0, 0.1) is 11.8 Å². The lowest BCUT2D eigenvalue weighted by molar-refractivity contribution is 0.0752. The molecule has 1 aromatic carbocycles. The number of carbonyl (C=O) groups is 1. The maximum absolute atomic E-state index is 12.4. The minimum Gasteiger partial charge on any atom is -0.341 e. The fraction of sp³-hybridized carbons (Fsp3) is 0.588. The van der Waals surface area contributed by atoms with Crippen molar-refractivity contribution in [2.45, 2.75) is 40.0 Å². The summed E-state index contributed by atoms with van der Waals surface area (Å²) in [4.78, 5) is 14.3. The molecule has 0 aliphatic rings. The Balaban J connectivity index is 2.66. The molecule has 0 fully saturated rings. The van der Waals surface area contributed by atoms with Crippen LogP contribution in [0.1, 0.15) is 50.4 Å². The summed E-state index contributed by atoms with van der Waals surface area (Å²) in [7, 11) is 1.91. The third-order valence-corrected chi connectivity index (χ3v) is 4.55. The van der Waals surface area contributed by atoms with E-state index in [1.54, 1.807) is 0 Å². The maximum Gasteiger partial charge on any atom is 0.253 e. The normalized spacial score (nSPS) is 13.8. The van der Waals surface area contributed by atoms with Gasteiger partial charge in [0.2, 0.25) is 0 Å². The van der Waals surface area contributed by atoms with Gasteiger partial charge in [-0.3, -0.25) is 4.79 Å². The number of rotatable bonds is 7. The highest BCUT2D eigenvalue weighted by Crippen LogP contribution is 2.22. The fourth-order valence-electron chi connectivity index (χ4n) is 2.65. The molecule has 1 rings (SSSR count). The van der Waals surface area contributed by atoms with Crippen LogP contribution in [-0.2, 0) is 0 Å². The van der Waals surface area contributed by atoms with Crippen LogP contribution in [0.4, 0.5) is 0 Å². The molecule has 0 bridgehead atoms. The number of amides is 1. The second-order valence-electron chi connectivity index (χ2n) is 5.63. The van der Waals surface area contributed by atoms with E-state index in [-0.39, 0.29) is 5.91 Å². The second kappa shape index (κ2) is 8.46. The summed E-state index contributed by atoms with van der Waals surface area (Å²) in [5, 5.41) is 0. The minimum absolute atomic E-state index is 0.111. The van der Waals surface area contributed by atoms with Crippen molar-refractivity contribution in [3.05, 3.63) is 34.3 Å². The van der Waals surface area contributed by atoms with Crippen LogP contribution < -0.4 is 0 Å². The Morgan fingerprint density at radius 1 is 1.25 bits per heavy atom. The first-order chi connectivity index (χ1) is 9.49. The van der Waals surface area contributed by atoms with Gasteiger partial charge in [0.1, 0.15) is 0 Å². The molecule has 0 spiro atoms. The molecule has 0 N–H and O–H groups in total. The smallest absolute Gasteiger partial charge is 0.253 e. The van der Waals surface area contributed by atoms with Crippen LogP contribution in [0.2, 0.25) is 0 Å². The molecule has 0 heterocycles. The van der Waals surface area contributed by atoms with Crippen molar-refractivity contribution in [3.63, 3.8) is 0 Å². The Morgan fingerprint density at radius 2 is 1.85 bits per heavy atom. The van der Waals surface area contributed by atoms with Gasteiger partial charge in [0, 0.05) is 23.6 Å². The van der Waals surface area contributed by atoms with Gasteiger partial charge in [0.05, 0.1) is 0 Å². The van der Waals surface area contributed by atoms with Gasteiger partial charge in [-0.15, -0.1) is 0 Å². The summed E-state index contributed by atoms with van der Waals surface area (Å²) in [5.41, 5.74) is 0.758. The summed E-state index contributed by atoms with van der Waals surface area (Å²) < 4.78 is 1.000. The van der Waals surface area contributed by atoms with Crippen molar-refractivity contribution in [3.8, 4) is 0 Å². The Bertz CT molecular complexity index is 416. The fourth-order valence-corrected chi connectivity index (χ4v) is 2.91. The molecule has 0 aromatic heterocycles. The van der Waals surface area contributed by atoms with Gasteiger partial charge in [-0.1, -0.05) is 56.0 Å². The first-order valence-corrected chi connectivity index (χ1v) is 8.29. The number of nitrogens with zero attached hydrogens (tertiary/aromatic N) is 1. The number of benzene rings is 1. The minimum atomic E-state index is 0.111. The number of carbonyl (C=O) groups excluding carboxylic acids is 1. The van der Waals surface area contributed by atoms with Crippen LogP contribution in [-0.4, -0.2) is 24.4 Å². The van der Waals surface area contributed by atoms with Crippen LogP contribution >= 0.6 is 15.9 Å². The molecule has 0 aliphatic carbocycles. The van der Waals surface area contributed by atoms with E-state index in [0.717, 1.165) is 23.0 Å². The monoisotopic (exact) mass is 339 g/mol. The summed E-state index contributed by atoms with van der Waals surface area (Å²) in [5.74, 6) is 1.36. The SMILES string of the molecule is CCCC(C)C(CC)CN(C)C(=O)c1ccc(Br)cc1. The van der Waals surface area contributed by atoms with Crippen molar-refractivity contribution in [2.24, 2.45) is 11.8 Å². The Morgan fingerprint density at radius 3 is 2.35 bits per heavy atom. The molecule has 20 heavy (non-hydrogen) atoms. The van der Waals surface area contributed by atoms with E-state index in [1.807, 2.05) is 36.2 Å². The van der Waals surface area contributed by atoms with Gasteiger partial charge >= 0.3 is 0 Å². The maximum atomic E-state index is 12.4. The molecule has 2 atom stereocenters. The van der Waals surface area contributed by atoms with Gasteiger partial charge in [0.25, 0.3) is 5.91 Å². The van der Waals surface area contributed by atoms with Gasteiger partial charge < -0.3 is 4.90 Å². The van der Waals surface area contributed by atoms with E-state index in [1.165, 1.54) is 12.8 Å². The van der Waals surface area contributed by atoms with Crippen LogP contribution in [0.3, 0.4) is 0 Å². The zero-order valence-corrected chi connectivity index (χ0v) is 14.6. The molecular formula is C17H26BrNO. The van der Waals surface area contributed by atoms with Crippen molar-refractivity contribution in [2.75, 3.05) is 13.6 Å². The van der Waals surface area contributed by atoms with Crippen molar-refractivity contribution in [1.29, 1.82) is 0 Å². The molecule has 0 aliphatic heterocycles. The molecule has 0 saturated carbocycles. The summed E-state index contributed by atoms with van der Waals surface area (Å²) in [6.45, 7) is 7.58. The van der Waals surface area contributed by atoms with Gasteiger partial charge in [-0.25, -0.2) is 0 Å². The van der Waals surface area contributed by atoms with E-state index < -0.39 is 0 Å². The lowest BCUT2D eigenvalue weighted by atomic mass is 9.87. The number of hydrogen-bond donors (Lipinski definition) is 0. The molecule has 112 valence electrons. The first-order valence-electron chi connectivity index (χ1n) is 7.50. The quantitative estimate of drug-likeness (QED) is 0.685. The molecule has 3 heteroatoms. The third kappa shape index (κ3) is 4.93. The van der Waals surface area contributed by atoms with Crippen LogP contribution in [0.5, 0.6) is 0 Å². The van der Waals surface area contributed by atoms with Crippen LogP contribution in [0.15, 0.2) is 28.7 Å². The highest BCUT2D eigenvalue weighted by atomic mass is 79.9. The summed E-state index contributed by atoms with van der Waals surface area (Å²) in [6, 6.07) is 7.58. The molecule has 0 saturated heterocycles. The van der Waals surface area contributed by atoms with E-state index >= 15 is 0 Å². The summed E-state index contributed by atoms with van der Waals surface area (Å²) in [6.07, 6.45) is 3.57. The zero-order valence-electron chi connectivity index (χ0n) is 13.0. The predicted octanol–water partition coefficient (Wildman–Crippen LogP) is 4.98. The molecule has 0 radical (unpaired) electrons. The Kier molecular flexibility index (Phi) is 7.28.